The number of likely N-dealkylation sites (tertiary alicyclic amines) is 2. The standard InChI is InChI=1S/C15H22N2O4/c18-13-6-3-7-16(13)9-14(19)17-11-5-2-1-4-10(11)8-12(17)15(20)21/h10-12H,1-9H2,(H,20,21). The van der Waals surface area contributed by atoms with Crippen LogP contribution in [0.1, 0.15) is 44.9 Å². The molecule has 0 aromatic carbocycles. The summed E-state index contributed by atoms with van der Waals surface area (Å²) in [6.45, 7) is 0.663. The number of hydrogen-bond acceptors (Lipinski definition) is 3. The predicted molar refractivity (Wildman–Crippen MR) is 74.4 cm³/mol. The van der Waals surface area contributed by atoms with Gasteiger partial charge in [0.25, 0.3) is 0 Å². The van der Waals surface area contributed by atoms with Gasteiger partial charge in [0, 0.05) is 19.0 Å². The van der Waals surface area contributed by atoms with E-state index in [1.54, 1.807) is 9.80 Å². The van der Waals surface area contributed by atoms with Crippen LogP contribution in [-0.2, 0) is 14.4 Å². The average Bonchev–Trinajstić information content (AvgIpc) is 3.03. The van der Waals surface area contributed by atoms with Crippen molar-refractivity contribution in [1.82, 2.24) is 9.80 Å². The molecule has 6 nitrogen and oxygen atoms in total. The lowest BCUT2D eigenvalue weighted by atomic mass is 9.85. The molecule has 1 saturated carbocycles. The summed E-state index contributed by atoms with van der Waals surface area (Å²) in [5.74, 6) is -0.773. The zero-order chi connectivity index (χ0) is 15.0. The van der Waals surface area contributed by atoms with Gasteiger partial charge >= 0.3 is 5.97 Å². The van der Waals surface area contributed by atoms with Gasteiger partial charge < -0.3 is 14.9 Å². The maximum atomic E-state index is 12.6. The topological polar surface area (TPSA) is 77.9 Å². The SMILES string of the molecule is O=C(O)C1CC2CCCCC2N1C(=O)CN1CCCC1=O. The van der Waals surface area contributed by atoms with Crippen LogP contribution in [0.2, 0.25) is 0 Å². The van der Waals surface area contributed by atoms with E-state index in [0.29, 0.717) is 25.3 Å². The third-order valence-corrected chi connectivity index (χ3v) is 5.16. The number of amides is 2. The van der Waals surface area contributed by atoms with Crippen LogP contribution >= 0.6 is 0 Å². The average molecular weight is 294 g/mol. The second-order valence-electron chi connectivity index (χ2n) is 6.42. The van der Waals surface area contributed by atoms with E-state index in [-0.39, 0.29) is 24.4 Å². The summed E-state index contributed by atoms with van der Waals surface area (Å²) >= 11 is 0. The number of carbonyl (C=O) groups excluding carboxylic acids is 2. The Hall–Kier alpha value is -1.59. The highest BCUT2D eigenvalue weighted by Gasteiger charge is 2.47. The van der Waals surface area contributed by atoms with Crippen molar-refractivity contribution < 1.29 is 19.5 Å². The van der Waals surface area contributed by atoms with Crippen molar-refractivity contribution in [2.75, 3.05) is 13.1 Å². The molecular weight excluding hydrogens is 272 g/mol. The minimum Gasteiger partial charge on any atom is -0.480 e. The van der Waals surface area contributed by atoms with E-state index in [1.165, 1.54) is 0 Å². The number of carboxylic acid groups (broad SMARTS) is 1. The van der Waals surface area contributed by atoms with Gasteiger partial charge in [0.1, 0.15) is 6.04 Å². The number of carboxylic acids is 1. The summed E-state index contributed by atoms with van der Waals surface area (Å²) in [6, 6.07) is -0.645. The lowest BCUT2D eigenvalue weighted by molar-refractivity contribution is -0.151. The molecule has 2 heterocycles. The van der Waals surface area contributed by atoms with Crippen LogP contribution in [0.15, 0.2) is 0 Å². The van der Waals surface area contributed by atoms with Crippen molar-refractivity contribution in [2.24, 2.45) is 5.92 Å². The first-order valence-corrected chi connectivity index (χ1v) is 7.89. The van der Waals surface area contributed by atoms with Gasteiger partial charge in [0.2, 0.25) is 11.8 Å². The zero-order valence-corrected chi connectivity index (χ0v) is 12.2. The Kier molecular flexibility index (Phi) is 3.87. The largest absolute Gasteiger partial charge is 0.480 e. The maximum Gasteiger partial charge on any atom is 0.326 e. The van der Waals surface area contributed by atoms with Crippen molar-refractivity contribution in [3.05, 3.63) is 0 Å². The fraction of sp³-hybridized carbons (Fsp3) is 0.800. The Morgan fingerprint density at radius 3 is 2.62 bits per heavy atom. The van der Waals surface area contributed by atoms with Gasteiger partial charge in [-0.2, -0.15) is 0 Å². The highest BCUT2D eigenvalue weighted by Crippen LogP contribution is 2.39. The van der Waals surface area contributed by atoms with Crippen molar-refractivity contribution >= 4 is 17.8 Å². The third-order valence-electron chi connectivity index (χ3n) is 5.16. The Labute approximate surface area is 124 Å². The van der Waals surface area contributed by atoms with Gasteiger partial charge in [-0.1, -0.05) is 12.8 Å². The molecule has 21 heavy (non-hydrogen) atoms. The Balaban J connectivity index is 1.74. The molecule has 0 aromatic heterocycles. The van der Waals surface area contributed by atoms with E-state index < -0.39 is 12.0 Å². The molecule has 2 saturated heterocycles. The molecule has 2 amide bonds. The quantitative estimate of drug-likeness (QED) is 0.837. The second kappa shape index (κ2) is 5.66. The zero-order valence-electron chi connectivity index (χ0n) is 12.2. The van der Waals surface area contributed by atoms with Crippen LogP contribution < -0.4 is 0 Å². The van der Waals surface area contributed by atoms with E-state index in [4.69, 9.17) is 0 Å². The molecular formula is C15H22N2O4. The van der Waals surface area contributed by atoms with Gasteiger partial charge in [-0.3, -0.25) is 9.59 Å². The fourth-order valence-electron chi connectivity index (χ4n) is 4.16. The van der Waals surface area contributed by atoms with Crippen LogP contribution in [0.4, 0.5) is 0 Å². The molecule has 0 aromatic rings. The van der Waals surface area contributed by atoms with E-state index in [0.717, 1.165) is 32.1 Å². The van der Waals surface area contributed by atoms with Gasteiger partial charge in [-0.25, -0.2) is 4.79 Å². The molecule has 6 heteroatoms. The third kappa shape index (κ3) is 2.63. The van der Waals surface area contributed by atoms with Gasteiger partial charge in [0.05, 0.1) is 6.54 Å². The van der Waals surface area contributed by atoms with E-state index in [9.17, 15) is 19.5 Å². The van der Waals surface area contributed by atoms with Crippen LogP contribution in [-0.4, -0.2) is 57.9 Å². The number of nitrogens with zero attached hydrogens (tertiary/aromatic N) is 2. The number of rotatable bonds is 3. The Bertz CT molecular complexity index is 465. The predicted octanol–water partition coefficient (Wildman–Crippen LogP) is 0.853. The first kappa shape index (κ1) is 14.4. The smallest absolute Gasteiger partial charge is 0.326 e. The van der Waals surface area contributed by atoms with Gasteiger partial charge in [0.15, 0.2) is 0 Å². The van der Waals surface area contributed by atoms with E-state index in [2.05, 4.69) is 0 Å². The van der Waals surface area contributed by atoms with Crippen LogP contribution in [0, 0.1) is 5.92 Å². The van der Waals surface area contributed by atoms with Crippen molar-refractivity contribution in [2.45, 2.75) is 57.0 Å². The molecule has 3 fully saturated rings. The van der Waals surface area contributed by atoms with Crippen molar-refractivity contribution in [3.8, 4) is 0 Å². The maximum absolute atomic E-state index is 12.6. The van der Waals surface area contributed by atoms with E-state index >= 15 is 0 Å². The lowest BCUT2D eigenvalue weighted by Crippen LogP contribution is -2.50. The number of hydrogen-bond donors (Lipinski definition) is 1. The minimum atomic E-state index is -0.912. The van der Waals surface area contributed by atoms with E-state index in [1.807, 2.05) is 0 Å². The number of carbonyl (C=O) groups is 3. The van der Waals surface area contributed by atoms with Crippen molar-refractivity contribution in [3.63, 3.8) is 0 Å². The molecule has 1 N–H and O–H groups in total. The van der Waals surface area contributed by atoms with Crippen molar-refractivity contribution in [1.29, 1.82) is 0 Å². The highest BCUT2D eigenvalue weighted by molar-refractivity contribution is 5.89. The summed E-state index contributed by atoms with van der Waals surface area (Å²) < 4.78 is 0. The summed E-state index contributed by atoms with van der Waals surface area (Å²) in [4.78, 5) is 38.9. The van der Waals surface area contributed by atoms with Crippen LogP contribution in [0.25, 0.3) is 0 Å². The molecule has 0 radical (unpaired) electrons. The molecule has 3 aliphatic rings. The van der Waals surface area contributed by atoms with Crippen LogP contribution in [0.3, 0.4) is 0 Å². The number of fused-ring (bicyclic) bond motifs is 1. The summed E-state index contributed by atoms with van der Waals surface area (Å²) in [5, 5.41) is 9.42. The summed E-state index contributed by atoms with van der Waals surface area (Å²) in [5.41, 5.74) is 0. The monoisotopic (exact) mass is 294 g/mol. The summed E-state index contributed by atoms with van der Waals surface area (Å²) in [7, 11) is 0. The lowest BCUT2D eigenvalue weighted by Gasteiger charge is -2.34. The molecule has 0 spiro atoms. The molecule has 2 aliphatic heterocycles. The highest BCUT2D eigenvalue weighted by atomic mass is 16.4. The molecule has 0 bridgehead atoms. The first-order valence-electron chi connectivity index (χ1n) is 7.89. The molecule has 1 aliphatic carbocycles. The Morgan fingerprint density at radius 2 is 1.95 bits per heavy atom. The normalized spacial score (nSPS) is 32.4. The fourth-order valence-corrected chi connectivity index (χ4v) is 4.16. The minimum absolute atomic E-state index is 0.00890. The summed E-state index contributed by atoms with van der Waals surface area (Å²) in [6.07, 6.45) is 5.96. The number of aliphatic carboxylic acids is 1. The van der Waals surface area contributed by atoms with Gasteiger partial charge in [-0.15, -0.1) is 0 Å². The first-order chi connectivity index (χ1) is 10.1. The molecule has 3 unspecified atom stereocenters. The second-order valence-corrected chi connectivity index (χ2v) is 6.42. The molecule has 116 valence electrons. The molecule has 3 atom stereocenters. The Morgan fingerprint density at radius 1 is 1.19 bits per heavy atom. The molecule has 3 rings (SSSR count). The van der Waals surface area contributed by atoms with Gasteiger partial charge in [-0.05, 0) is 31.6 Å². The van der Waals surface area contributed by atoms with Crippen LogP contribution in [0.5, 0.6) is 0 Å².